The Kier molecular flexibility index (Phi) is 6.14. The van der Waals surface area contributed by atoms with Crippen molar-refractivity contribution in [2.75, 3.05) is 13.2 Å². The number of nitrogens with one attached hydrogen (secondary N) is 1. The van der Waals surface area contributed by atoms with E-state index in [0.29, 0.717) is 10.9 Å². The molecule has 7 heteroatoms. The van der Waals surface area contributed by atoms with Gasteiger partial charge in [0.2, 0.25) is 0 Å². The van der Waals surface area contributed by atoms with Crippen molar-refractivity contribution >= 4 is 27.8 Å². The van der Waals surface area contributed by atoms with Crippen molar-refractivity contribution in [3.63, 3.8) is 0 Å². The molecule has 0 radical (unpaired) electrons. The monoisotopic (exact) mass is 361 g/mol. The summed E-state index contributed by atoms with van der Waals surface area (Å²) in [5.41, 5.74) is -1.03. The fraction of sp³-hybridized carbons (Fsp3) is 0.429. The number of aliphatic carboxylic acids is 1. The molecule has 0 saturated heterocycles. The Morgan fingerprint density at radius 1 is 1.48 bits per heavy atom. The van der Waals surface area contributed by atoms with Gasteiger partial charge in [0.05, 0.1) is 5.41 Å². The van der Waals surface area contributed by atoms with Gasteiger partial charge in [-0.25, -0.2) is 4.39 Å². The van der Waals surface area contributed by atoms with Gasteiger partial charge in [0.25, 0.3) is 5.91 Å². The molecule has 0 aliphatic heterocycles. The Labute approximate surface area is 130 Å². The van der Waals surface area contributed by atoms with Crippen LogP contribution in [0, 0.1) is 11.2 Å². The molecule has 0 aromatic heterocycles. The van der Waals surface area contributed by atoms with E-state index in [2.05, 4.69) is 21.2 Å². The topological polar surface area (TPSA) is 75.6 Å². The second-order valence-corrected chi connectivity index (χ2v) is 5.78. The average Bonchev–Trinajstić information content (AvgIpc) is 2.43. The van der Waals surface area contributed by atoms with Crippen molar-refractivity contribution in [1.82, 2.24) is 5.32 Å². The van der Waals surface area contributed by atoms with Gasteiger partial charge in [-0.1, -0.05) is 22.9 Å². The fourth-order valence-corrected chi connectivity index (χ4v) is 1.77. The normalized spacial score (nSPS) is 13.3. The first-order chi connectivity index (χ1) is 9.78. The predicted molar refractivity (Wildman–Crippen MR) is 78.6 cm³/mol. The van der Waals surface area contributed by atoms with Gasteiger partial charge in [0, 0.05) is 11.0 Å². The van der Waals surface area contributed by atoms with Crippen LogP contribution in [0.25, 0.3) is 0 Å². The number of rotatable bonds is 7. The molecule has 0 bridgehead atoms. The largest absolute Gasteiger partial charge is 0.481 e. The minimum Gasteiger partial charge on any atom is -0.481 e. The number of carbonyl (C=O) groups excluding carboxylic acids is 1. The smallest absolute Gasteiger partial charge is 0.311 e. The highest BCUT2D eigenvalue weighted by atomic mass is 79.9. The lowest BCUT2D eigenvalue weighted by Crippen LogP contribution is -2.42. The summed E-state index contributed by atoms with van der Waals surface area (Å²) in [6, 6.07) is 4.22. The number of halogens is 2. The minimum absolute atomic E-state index is 0.0101. The predicted octanol–water partition coefficient (Wildman–Crippen LogP) is 2.58. The molecule has 116 valence electrons. The Morgan fingerprint density at radius 3 is 2.67 bits per heavy atom. The van der Waals surface area contributed by atoms with Gasteiger partial charge in [-0.05, 0) is 31.5 Å². The lowest BCUT2D eigenvalue weighted by atomic mass is 9.88. The molecule has 0 heterocycles. The number of carboxylic acid groups (broad SMARTS) is 1. The summed E-state index contributed by atoms with van der Waals surface area (Å²) in [5, 5.41) is 11.6. The van der Waals surface area contributed by atoms with Crippen LogP contribution in [-0.4, -0.2) is 30.1 Å². The molecule has 0 fully saturated rings. The van der Waals surface area contributed by atoms with Crippen molar-refractivity contribution in [2.45, 2.75) is 20.3 Å². The maximum atomic E-state index is 13.5. The van der Waals surface area contributed by atoms with E-state index >= 15 is 0 Å². The van der Waals surface area contributed by atoms with E-state index < -0.39 is 23.1 Å². The number of carbonyl (C=O) groups is 2. The molecule has 0 aliphatic carbocycles. The SMILES string of the molecule is CCC(C)(CNC(=O)COc1ccc(Br)cc1F)C(=O)O. The highest BCUT2D eigenvalue weighted by Gasteiger charge is 2.31. The number of ether oxygens (including phenoxy) is 1. The molecule has 5 nitrogen and oxygen atoms in total. The molecular formula is C14H17BrFNO4. The van der Waals surface area contributed by atoms with E-state index in [4.69, 9.17) is 9.84 Å². The molecule has 1 rings (SSSR count). The van der Waals surface area contributed by atoms with Crippen LogP contribution < -0.4 is 10.1 Å². The molecule has 1 aromatic carbocycles. The van der Waals surface area contributed by atoms with E-state index in [1.54, 1.807) is 19.9 Å². The van der Waals surface area contributed by atoms with Crippen molar-refractivity contribution in [3.8, 4) is 5.75 Å². The third kappa shape index (κ3) is 5.00. The average molecular weight is 362 g/mol. The molecular weight excluding hydrogens is 345 g/mol. The number of benzene rings is 1. The number of carboxylic acids is 1. The van der Waals surface area contributed by atoms with E-state index in [1.807, 2.05) is 0 Å². The molecule has 2 N–H and O–H groups in total. The summed E-state index contributed by atoms with van der Waals surface area (Å²) >= 11 is 3.11. The molecule has 0 saturated carbocycles. The molecule has 0 spiro atoms. The highest BCUT2D eigenvalue weighted by Crippen LogP contribution is 2.22. The highest BCUT2D eigenvalue weighted by molar-refractivity contribution is 9.10. The van der Waals surface area contributed by atoms with Crippen LogP contribution in [0.5, 0.6) is 5.75 Å². The lowest BCUT2D eigenvalue weighted by Gasteiger charge is -2.23. The van der Waals surface area contributed by atoms with Crippen molar-refractivity contribution < 1.29 is 23.8 Å². The first kappa shape index (κ1) is 17.4. The first-order valence-corrected chi connectivity index (χ1v) is 7.15. The zero-order chi connectivity index (χ0) is 16.0. The maximum Gasteiger partial charge on any atom is 0.311 e. The lowest BCUT2D eigenvalue weighted by molar-refractivity contribution is -0.148. The summed E-state index contributed by atoms with van der Waals surface area (Å²) in [7, 11) is 0. The van der Waals surface area contributed by atoms with E-state index in [0.717, 1.165) is 0 Å². The van der Waals surface area contributed by atoms with Crippen LogP contribution in [-0.2, 0) is 9.59 Å². The summed E-state index contributed by atoms with van der Waals surface area (Å²) in [4.78, 5) is 22.7. The summed E-state index contributed by atoms with van der Waals surface area (Å²) in [6.45, 7) is 2.89. The van der Waals surface area contributed by atoms with Gasteiger partial charge in [-0.15, -0.1) is 0 Å². The number of hydrogen-bond donors (Lipinski definition) is 2. The van der Waals surface area contributed by atoms with Crippen LogP contribution >= 0.6 is 15.9 Å². The van der Waals surface area contributed by atoms with Crippen molar-refractivity contribution in [1.29, 1.82) is 0 Å². The zero-order valence-corrected chi connectivity index (χ0v) is 13.4. The zero-order valence-electron chi connectivity index (χ0n) is 11.8. The standard InChI is InChI=1S/C14H17BrFNO4/c1-3-14(2,13(19)20)8-17-12(18)7-21-11-5-4-9(15)6-10(11)16/h4-6H,3,7-8H2,1-2H3,(H,17,18)(H,19,20). The Bertz CT molecular complexity index is 538. The first-order valence-electron chi connectivity index (χ1n) is 6.36. The third-order valence-corrected chi connectivity index (χ3v) is 3.72. The maximum absolute atomic E-state index is 13.5. The Balaban J connectivity index is 2.49. The van der Waals surface area contributed by atoms with Crippen LogP contribution in [0.15, 0.2) is 22.7 Å². The summed E-state index contributed by atoms with van der Waals surface area (Å²) < 4.78 is 19.1. The van der Waals surface area contributed by atoms with Crippen LogP contribution in [0.4, 0.5) is 4.39 Å². The molecule has 1 amide bonds. The summed E-state index contributed by atoms with van der Waals surface area (Å²) in [5.74, 6) is -2.10. The van der Waals surface area contributed by atoms with Gasteiger partial charge in [-0.2, -0.15) is 0 Å². The number of hydrogen-bond acceptors (Lipinski definition) is 3. The van der Waals surface area contributed by atoms with Gasteiger partial charge in [0.15, 0.2) is 18.2 Å². The van der Waals surface area contributed by atoms with E-state index in [-0.39, 0.29) is 18.9 Å². The van der Waals surface area contributed by atoms with Crippen molar-refractivity contribution in [2.24, 2.45) is 5.41 Å². The molecule has 0 aliphatic rings. The Hall–Kier alpha value is -1.63. The van der Waals surface area contributed by atoms with Crippen LogP contribution in [0.2, 0.25) is 0 Å². The fourth-order valence-electron chi connectivity index (χ4n) is 1.43. The minimum atomic E-state index is -1.03. The molecule has 21 heavy (non-hydrogen) atoms. The Morgan fingerprint density at radius 2 is 2.14 bits per heavy atom. The summed E-state index contributed by atoms with van der Waals surface area (Å²) in [6.07, 6.45) is 0.380. The van der Waals surface area contributed by atoms with E-state index in [1.165, 1.54) is 12.1 Å². The van der Waals surface area contributed by atoms with Gasteiger partial charge >= 0.3 is 5.97 Å². The van der Waals surface area contributed by atoms with Gasteiger partial charge < -0.3 is 15.2 Å². The molecule has 1 unspecified atom stereocenters. The van der Waals surface area contributed by atoms with Crippen molar-refractivity contribution in [3.05, 3.63) is 28.5 Å². The quantitative estimate of drug-likeness (QED) is 0.782. The van der Waals surface area contributed by atoms with E-state index in [9.17, 15) is 14.0 Å². The second kappa shape index (κ2) is 7.40. The molecule has 1 atom stereocenters. The number of amides is 1. The van der Waals surface area contributed by atoms with Gasteiger partial charge in [0.1, 0.15) is 0 Å². The van der Waals surface area contributed by atoms with Crippen LogP contribution in [0.1, 0.15) is 20.3 Å². The second-order valence-electron chi connectivity index (χ2n) is 4.86. The van der Waals surface area contributed by atoms with Crippen LogP contribution in [0.3, 0.4) is 0 Å². The molecule has 1 aromatic rings. The third-order valence-electron chi connectivity index (χ3n) is 3.23. The van der Waals surface area contributed by atoms with Gasteiger partial charge in [-0.3, -0.25) is 9.59 Å².